The second kappa shape index (κ2) is 4.65. The first kappa shape index (κ1) is 10.6. The van der Waals surface area contributed by atoms with E-state index in [-0.39, 0.29) is 0 Å². The van der Waals surface area contributed by atoms with Gasteiger partial charge in [-0.15, -0.1) is 0 Å². The smallest absolute Gasteiger partial charge is 0.411 e. The normalized spacial score (nSPS) is 9.86. The van der Waals surface area contributed by atoms with Crippen molar-refractivity contribution in [2.24, 2.45) is 0 Å². The van der Waals surface area contributed by atoms with Crippen LogP contribution in [0.4, 0.5) is 10.5 Å². The molecule has 76 valence electrons. The fourth-order valence-corrected chi connectivity index (χ4v) is 1.29. The van der Waals surface area contributed by atoms with Crippen LogP contribution in [0, 0.1) is 0 Å². The Bertz CT molecular complexity index is 306. The van der Waals surface area contributed by atoms with Gasteiger partial charge in [-0.25, -0.2) is 4.79 Å². The fourth-order valence-electron chi connectivity index (χ4n) is 1.29. The molecule has 0 atom stereocenters. The van der Waals surface area contributed by atoms with Crippen molar-refractivity contribution in [2.75, 3.05) is 11.9 Å². The van der Waals surface area contributed by atoms with E-state index in [1.54, 1.807) is 0 Å². The molecule has 0 saturated carbocycles. The van der Waals surface area contributed by atoms with E-state index in [2.05, 4.69) is 6.92 Å². The molecule has 0 aliphatic rings. The van der Waals surface area contributed by atoms with E-state index in [1.807, 2.05) is 24.3 Å². The lowest BCUT2D eigenvalue weighted by Crippen LogP contribution is -2.23. The standard InChI is InChI=1S/C11H15NO2/c1-3-4-9-5-7-10(8-6-9)12(2)11(13)14/h5-8H,3-4H2,1-2H3,(H,13,14). The summed E-state index contributed by atoms with van der Waals surface area (Å²) >= 11 is 0. The van der Waals surface area contributed by atoms with E-state index in [0.717, 1.165) is 12.8 Å². The van der Waals surface area contributed by atoms with E-state index in [0.29, 0.717) is 5.69 Å². The molecule has 0 aromatic heterocycles. The maximum Gasteiger partial charge on any atom is 0.411 e. The van der Waals surface area contributed by atoms with Gasteiger partial charge in [0.1, 0.15) is 0 Å². The highest BCUT2D eigenvalue weighted by atomic mass is 16.4. The first-order valence-electron chi connectivity index (χ1n) is 4.70. The highest BCUT2D eigenvalue weighted by molar-refractivity contribution is 5.85. The Morgan fingerprint density at radius 2 is 1.93 bits per heavy atom. The predicted molar refractivity (Wildman–Crippen MR) is 56.9 cm³/mol. The lowest BCUT2D eigenvalue weighted by molar-refractivity contribution is 0.203. The van der Waals surface area contributed by atoms with Gasteiger partial charge in [0.25, 0.3) is 0 Å². The van der Waals surface area contributed by atoms with E-state index < -0.39 is 6.09 Å². The van der Waals surface area contributed by atoms with Crippen molar-refractivity contribution in [3.63, 3.8) is 0 Å². The summed E-state index contributed by atoms with van der Waals surface area (Å²) in [6, 6.07) is 7.61. The number of benzene rings is 1. The minimum absolute atomic E-state index is 0.706. The van der Waals surface area contributed by atoms with Crippen LogP contribution in [-0.4, -0.2) is 18.2 Å². The summed E-state index contributed by atoms with van der Waals surface area (Å²) in [5.74, 6) is 0. The molecule has 0 spiro atoms. The molecule has 0 fully saturated rings. The summed E-state index contributed by atoms with van der Waals surface area (Å²) in [4.78, 5) is 11.8. The minimum atomic E-state index is -0.937. The highest BCUT2D eigenvalue weighted by Gasteiger charge is 2.06. The molecule has 1 aromatic rings. The van der Waals surface area contributed by atoms with Crippen LogP contribution < -0.4 is 4.90 Å². The van der Waals surface area contributed by atoms with Crippen molar-refractivity contribution in [1.29, 1.82) is 0 Å². The molecule has 0 unspecified atom stereocenters. The van der Waals surface area contributed by atoms with Gasteiger partial charge >= 0.3 is 6.09 Å². The number of aryl methyl sites for hydroxylation is 1. The van der Waals surface area contributed by atoms with Gasteiger partial charge < -0.3 is 5.11 Å². The second-order valence-electron chi connectivity index (χ2n) is 3.26. The summed E-state index contributed by atoms with van der Waals surface area (Å²) in [5, 5.41) is 8.73. The molecule has 0 aliphatic carbocycles. The minimum Gasteiger partial charge on any atom is -0.465 e. The van der Waals surface area contributed by atoms with Gasteiger partial charge in [0, 0.05) is 12.7 Å². The Balaban J connectivity index is 2.77. The van der Waals surface area contributed by atoms with Gasteiger partial charge in [-0.05, 0) is 24.1 Å². The Labute approximate surface area is 84.0 Å². The number of nitrogens with zero attached hydrogens (tertiary/aromatic N) is 1. The van der Waals surface area contributed by atoms with Crippen molar-refractivity contribution >= 4 is 11.8 Å². The van der Waals surface area contributed by atoms with Crippen molar-refractivity contribution < 1.29 is 9.90 Å². The Morgan fingerprint density at radius 3 is 2.36 bits per heavy atom. The summed E-state index contributed by atoms with van der Waals surface area (Å²) in [7, 11) is 1.54. The number of carbonyl (C=O) groups is 1. The number of rotatable bonds is 3. The monoisotopic (exact) mass is 193 g/mol. The van der Waals surface area contributed by atoms with Crippen LogP contribution in [-0.2, 0) is 6.42 Å². The predicted octanol–water partition coefficient (Wildman–Crippen LogP) is 2.75. The topological polar surface area (TPSA) is 40.5 Å². The molecular weight excluding hydrogens is 178 g/mol. The SMILES string of the molecule is CCCc1ccc(N(C)C(=O)O)cc1. The van der Waals surface area contributed by atoms with E-state index in [4.69, 9.17) is 5.11 Å². The number of amides is 1. The zero-order chi connectivity index (χ0) is 10.6. The van der Waals surface area contributed by atoms with Crippen LogP contribution in [0.2, 0.25) is 0 Å². The van der Waals surface area contributed by atoms with Gasteiger partial charge in [-0.2, -0.15) is 0 Å². The quantitative estimate of drug-likeness (QED) is 0.801. The molecule has 0 radical (unpaired) electrons. The van der Waals surface area contributed by atoms with Crippen LogP contribution in [0.3, 0.4) is 0 Å². The molecule has 3 heteroatoms. The van der Waals surface area contributed by atoms with Crippen LogP contribution >= 0.6 is 0 Å². The first-order chi connectivity index (χ1) is 6.65. The van der Waals surface area contributed by atoms with E-state index >= 15 is 0 Å². The van der Waals surface area contributed by atoms with Gasteiger partial charge in [-0.1, -0.05) is 25.5 Å². The van der Waals surface area contributed by atoms with Crippen LogP contribution in [0.15, 0.2) is 24.3 Å². The summed E-state index contributed by atoms with van der Waals surface area (Å²) in [6.45, 7) is 2.12. The average Bonchev–Trinajstić information content (AvgIpc) is 2.18. The average molecular weight is 193 g/mol. The van der Waals surface area contributed by atoms with Gasteiger partial charge in [0.15, 0.2) is 0 Å². The third-order valence-corrected chi connectivity index (χ3v) is 2.15. The number of anilines is 1. The summed E-state index contributed by atoms with van der Waals surface area (Å²) in [5.41, 5.74) is 1.95. The number of carboxylic acid groups (broad SMARTS) is 1. The highest BCUT2D eigenvalue weighted by Crippen LogP contribution is 2.14. The van der Waals surface area contributed by atoms with Gasteiger partial charge in [0.05, 0.1) is 0 Å². The van der Waals surface area contributed by atoms with E-state index in [1.165, 1.54) is 17.5 Å². The Morgan fingerprint density at radius 1 is 1.36 bits per heavy atom. The maximum atomic E-state index is 10.6. The van der Waals surface area contributed by atoms with Crippen LogP contribution in [0.1, 0.15) is 18.9 Å². The molecule has 14 heavy (non-hydrogen) atoms. The molecule has 3 nitrogen and oxygen atoms in total. The van der Waals surface area contributed by atoms with E-state index in [9.17, 15) is 4.79 Å². The largest absolute Gasteiger partial charge is 0.465 e. The number of hydrogen-bond donors (Lipinski definition) is 1. The van der Waals surface area contributed by atoms with Crippen molar-refractivity contribution in [1.82, 2.24) is 0 Å². The zero-order valence-corrected chi connectivity index (χ0v) is 8.53. The first-order valence-corrected chi connectivity index (χ1v) is 4.70. The third kappa shape index (κ3) is 2.49. The second-order valence-corrected chi connectivity index (χ2v) is 3.26. The third-order valence-electron chi connectivity index (χ3n) is 2.15. The zero-order valence-electron chi connectivity index (χ0n) is 8.53. The summed E-state index contributed by atoms with van der Waals surface area (Å²) in [6.07, 6.45) is 1.21. The molecule has 1 rings (SSSR count). The molecular formula is C11H15NO2. The Hall–Kier alpha value is -1.51. The lowest BCUT2D eigenvalue weighted by Gasteiger charge is -2.13. The van der Waals surface area contributed by atoms with Crippen molar-refractivity contribution in [2.45, 2.75) is 19.8 Å². The molecule has 0 bridgehead atoms. The fraction of sp³-hybridized carbons (Fsp3) is 0.364. The molecule has 1 amide bonds. The Kier molecular flexibility index (Phi) is 3.51. The van der Waals surface area contributed by atoms with Gasteiger partial charge in [0.2, 0.25) is 0 Å². The molecule has 1 N–H and O–H groups in total. The lowest BCUT2D eigenvalue weighted by atomic mass is 10.1. The maximum absolute atomic E-state index is 10.6. The summed E-state index contributed by atoms with van der Waals surface area (Å²) < 4.78 is 0. The molecule has 1 aromatic carbocycles. The van der Waals surface area contributed by atoms with Crippen LogP contribution in [0.25, 0.3) is 0 Å². The molecule has 0 aliphatic heterocycles. The van der Waals surface area contributed by atoms with Crippen LogP contribution in [0.5, 0.6) is 0 Å². The molecule has 0 saturated heterocycles. The van der Waals surface area contributed by atoms with Gasteiger partial charge in [-0.3, -0.25) is 4.90 Å². The van der Waals surface area contributed by atoms with Crippen molar-refractivity contribution in [3.05, 3.63) is 29.8 Å². The number of hydrogen-bond acceptors (Lipinski definition) is 1. The van der Waals surface area contributed by atoms with Crippen molar-refractivity contribution in [3.8, 4) is 0 Å². The molecule has 0 heterocycles.